The Morgan fingerprint density at radius 2 is 2.09 bits per heavy atom. The minimum Gasteiger partial charge on any atom is -0.0955 e. The van der Waals surface area contributed by atoms with E-state index in [2.05, 4.69) is 22.5 Å². The molecule has 1 rings (SSSR count). The monoisotopic (exact) mass is 230 g/mol. The third-order valence-corrected chi connectivity index (χ3v) is 2.03. The first-order valence-electron chi connectivity index (χ1n) is 3.21. The standard InChI is InChI=1S/C9H8BrCl/c1-6(2)7-3-8(10)5-9(11)4-7/h3-5H,1H2,2H3. The SMILES string of the molecule is C=C(C)c1cc(Cl)cc(Br)c1. The summed E-state index contributed by atoms with van der Waals surface area (Å²) >= 11 is 9.18. The smallest absolute Gasteiger partial charge is 0.0423 e. The third-order valence-electron chi connectivity index (χ3n) is 1.36. The zero-order chi connectivity index (χ0) is 8.43. The van der Waals surface area contributed by atoms with Crippen molar-refractivity contribution in [2.24, 2.45) is 0 Å². The van der Waals surface area contributed by atoms with E-state index in [1.807, 2.05) is 25.1 Å². The molecule has 0 amide bonds. The van der Waals surface area contributed by atoms with Gasteiger partial charge < -0.3 is 0 Å². The summed E-state index contributed by atoms with van der Waals surface area (Å²) in [6.45, 7) is 5.78. The van der Waals surface area contributed by atoms with E-state index in [0.717, 1.165) is 20.6 Å². The van der Waals surface area contributed by atoms with Crippen LogP contribution in [-0.4, -0.2) is 0 Å². The molecule has 0 saturated carbocycles. The van der Waals surface area contributed by atoms with Gasteiger partial charge in [0.2, 0.25) is 0 Å². The maximum absolute atomic E-state index is 5.82. The molecule has 0 aliphatic heterocycles. The summed E-state index contributed by atoms with van der Waals surface area (Å²) in [5, 5.41) is 0.734. The van der Waals surface area contributed by atoms with Crippen LogP contribution in [0.2, 0.25) is 5.02 Å². The highest BCUT2D eigenvalue weighted by atomic mass is 79.9. The Bertz CT molecular complexity index is 271. The van der Waals surface area contributed by atoms with Crippen molar-refractivity contribution in [1.82, 2.24) is 0 Å². The van der Waals surface area contributed by atoms with E-state index in [-0.39, 0.29) is 0 Å². The third kappa shape index (κ3) is 2.35. The zero-order valence-corrected chi connectivity index (χ0v) is 8.54. The van der Waals surface area contributed by atoms with Gasteiger partial charge in [-0.05, 0) is 30.7 Å². The molecule has 0 bridgehead atoms. The van der Waals surface area contributed by atoms with Gasteiger partial charge >= 0.3 is 0 Å². The molecular formula is C9H8BrCl. The Morgan fingerprint density at radius 1 is 1.45 bits per heavy atom. The Kier molecular flexibility index (Phi) is 2.74. The van der Waals surface area contributed by atoms with E-state index in [1.165, 1.54) is 0 Å². The number of halogens is 2. The first-order valence-corrected chi connectivity index (χ1v) is 4.38. The number of hydrogen-bond donors (Lipinski definition) is 0. The molecule has 2 heteroatoms. The van der Waals surface area contributed by atoms with Crippen LogP contribution in [0.3, 0.4) is 0 Å². The van der Waals surface area contributed by atoms with Crippen molar-refractivity contribution in [2.75, 3.05) is 0 Å². The molecule has 0 aliphatic rings. The van der Waals surface area contributed by atoms with Crippen molar-refractivity contribution in [2.45, 2.75) is 6.92 Å². The molecule has 0 fully saturated rings. The Morgan fingerprint density at radius 3 is 2.55 bits per heavy atom. The Balaban J connectivity index is 3.19. The second-order valence-electron chi connectivity index (χ2n) is 2.44. The van der Waals surface area contributed by atoms with Crippen LogP contribution in [0.1, 0.15) is 12.5 Å². The van der Waals surface area contributed by atoms with Crippen LogP contribution in [-0.2, 0) is 0 Å². The van der Waals surface area contributed by atoms with E-state index >= 15 is 0 Å². The highest BCUT2D eigenvalue weighted by molar-refractivity contribution is 9.10. The number of benzene rings is 1. The fraction of sp³-hybridized carbons (Fsp3) is 0.111. The predicted molar refractivity (Wildman–Crippen MR) is 53.9 cm³/mol. The van der Waals surface area contributed by atoms with Crippen LogP contribution >= 0.6 is 27.5 Å². The Labute approximate surface area is 80.0 Å². The van der Waals surface area contributed by atoms with Crippen LogP contribution in [0.5, 0.6) is 0 Å². The summed E-state index contributed by atoms with van der Waals surface area (Å²) in [5.74, 6) is 0. The molecule has 0 aliphatic carbocycles. The molecule has 0 N–H and O–H groups in total. The highest BCUT2D eigenvalue weighted by Gasteiger charge is 1.96. The van der Waals surface area contributed by atoms with E-state index < -0.39 is 0 Å². The Hall–Kier alpha value is -0.270. The lowest BCUT2D eigenvalue weighted by Crippen LogP contribution is -1.77. The van der Waals surface area contributed by atoms with Crippen molar-refractivity contribution in [3.05, 3.63) is 39.8 Å². The lowest BCUT2D eigenvalue weighted by atomic mass is 10.1. The van der Waals surface area contributed by atoms with Crippen LogP contribution in [0.15, 0.2) is 29.3 Å². The summed E-state index contributed by atoms with van der Waals surface area (Å²) in [5.41, 5.74) is 2.09. The molecule has 0 atom stereocenters. The van der Waals surface area contributed by atoms with Crippen molar-refractivity contribution in [1.29, 1.82) is 0 Å². The van der Waals surface area contributed by atoms with Gasteiger partial charge in [-0.1, -0.05) is 39.7 Å². The van der Waals surface area contributed by atoms with Gasteiger partial charge in [-0.2, -0.15) is 0 Å². The van der Waals surface area contributed by atoms with Crippen molar-refractivity contribution < 1.29 is 0 Å². The molecule has 0 spiro atoms. The summed E-state index contributed by atoms with van der Waals surface area (Å²) in [4.78, 5) is 0. The maximum Gasteiger partial charge on any atom is 0.0423 e. The lowest BCUT2D eigenvalue weighted by Gasteiger charge is -2.00. The minimum absolute atomic E-state index is 0.734. The minimum atomic E-state index is 0.734. The fourth-order valence-corrected chi connectivity index (χ4v) is 1.66. The molecule has 0 nitrogen and oxygen atoms in total. The van der Waals surface area contributed by atoms with Gasteiger partial charge in [-0.3, -0.25) is 0 Å². The second-order valence-corrected chi connectivity index (χ2v) is 3.79. The average Bonchev–Trinajstić information content (AvgIpc) is 1.85. The predicted octanol–water partition coefficient (Wildman–Crippen LogP) is 4.14. The summed E-state index contributed by atoms with van der Waals surface area (Å²) in [7, 11) is 0. The van der Waals surface area contributed by atoms with E-state index in [9.17, 15) is 0 Å². The summed E-state index contributed by atoms with van der Waals surface area (Å²) in [6, 6.07) is 5.75. The molecule has 1 aromatic carbocycles. The van der Waals surface area contributed by atoms with Gasteiger partial charge in [0.25, 0.3) is 0 Å². The van der Waals surface area contributed by atoms with Gasteiger partial charge in [0, 0.05) is 9.50 Å². The molecule has 0 aromatic heterocycles. The summed E-state index contributed by atoms with van der Waals surface area (Å²) < 4.78 is 0.989. The van der Waals surface area contributed by atoms with Crippen LogP contribution in [0, 0.1) is 0 Å². The number of hydrogen-bond acceptors (Lipinski definition) is 0. The fourth-order valence-electron chi connectivity index (χ4n) is 0.800. The van der Waals surface area contributed by atoms with Gasteiger partial charge in [-0.15, -0.1) is 0 Å². The number of allylic oxidation sites excluding steroid dienone is 1. The topological polar surface area (TPSA) is 0 Å². The maximum atomic E-state index is 5.82. The zero-order valence-electron chi connectivity index (χ0n) is 6.20. The number of rotatable bonds is 1. The van der Waals surface area contributed by atoms with E-state index in [0.29, 0.717) is 0 Å². The van der Waals surface area contributed by atoms with Crippen molar-refractivity contribution in [3.8, 4) is 0 Å². The van der Waals surface area contributed by atoms with Crippen LogP contribution in [0.25, 0.3) is 5.57 Å². The first kappa shape index (κ1) is 8.82. The highest BCUT2D eigenvalue weighted by Crippen LogP contribution is 2.23. The second kappa shape index (κ2) is 3.42. The molecule has 0 radical (unpaired) electrons. The molecule has 1 aromatic rings. The summed E-state index contributed by atoms with van der Waals surface area (Å²) in [6.07, 6.45) is 0. The molecular weight excluding hydrogens is 223 g/mol. The van der Waals surface area contributed by atoms with Gasteiger partial charge in [0.1, 0.15) is 0 Å². The molecule has 0 heterocycles. The van der Waals surface area contributed by atoms with Gasteiger partial charge in [-0.25, -0.2) is 0 Å². The normalized spacial score (nSPS) is 9.73. The van der Waals surface area contributed by atoms with Gasteiger partial charge in [0.05, 0.1) is 0 Å². The van der Waals surface area contributed by atoms with Crippen molar-refractivity contribution in [3.63, 3.8) is 0 Å². The molecule has 11 heavy (non-hydrogen) atoms. The molecule has 0 unspecified atom stereocenters. The van der Waals surface area contributed by atoms with Crippen LogP contribution in [0.4, 0.5) is 0 Å². The average molecular weight is 232 g/mol. The van der Waals surface area contributed by atoms with Crippen LogP contribution < -0.4 is 0 Å². The largest absolute Gasteiger partial charge is 0.0955 e. The van der Waals surface area contributed by atoms with E-state index in [4.69, 9.17) is 11.6 Å². The van der Waals surface area contributed by atoms with Gasteiger partial charge in [0.15, 0.2) is 0 Å². The lowest BCUT2D eigenvalue weighted by molar-refractivity contribution is 1.55. The van der Waals surface area contributed by atoms with E-state index in [1.54, 1.807) is 0 Å². The van der Waals surface area contributed by atoms with Crippen molar-refractivity contribution >= 4 is 33.1 Å². The quantitative estimate of drug-likeness (QED) is 0.681. The molecule has 0 saturated heterocycles. The molecule has 58 valence electrons. The first-order chi connectivity index (χ1) is 5.09.